The first kappa shape index (κ1) is 11.8. The van der Waals surface area contributed by atoms with Gasteiger partial charge in [0.2, 0.25) is 0 Å². The number of methoxy groups -OCH3 is 1. The van der Waals surface area contributed by atoms with E-state index < -0.39 is 9.84 Å². The molecule has 0 amide bonds. The zero-order valence-electron chi connectivity index (χ0n) is 7.97. The molecule has 1 aliphatic heterocycles. The van der Waals surface area contributed by atoms with Crippen LogP contribution in [0.1, 0.15) is 6.42 Å². The number of esters is 1. The van der Waals surface area contributed by atoms with Crippen LogP contribution in [0.2, 0.25) is 0 Å². The second kappa shape index (κ2) is 4.53. The minimum atomic E-state index is -2.93. The average molecular weight is 238 g/mol. The maximum absolute atomic E-state index is 11.3. The summed E-state index contributed by atoms with van der Waals surface area (Å²) in [6, 6.07) is 0. The summed E-state index contributed by atoms with van der Waals surface area (Å²) in [5, 5.41) is 0. The van der Waals surface area contributed by atoms with Gasteiger partial charge in [-0.25, -0.2) is 8.42 Å². The molecule has 1 heterocycles. The highest BCUT2D eigenvalue weighted by Crippen LogP contribution is 2.27. The Morgan fingerprint density at radius 2 is 2.29 bits per heavy atom. The van der Waals surface area contributed by atoms with E-state index >= 15 is 0 Å². The van der Waals surface area contributed by atoms with Crippen LogP contribution < -0.4 is 0 Å². The van der Waals surface area contributed by atoms with Crippen LogP contribution in [0.5, 0.6) is 0 Å². The molecule has 2 unspecified atom stereocenters. The Bertz CT molecular complexity index is 309. The van der Waals surface area contributed by atoms with Gasteiger partial charge in [0.25, 0.3) is 0 Å². The van der Waals surface area contributed by atoms with E-state index in [9.17, 15) is 13.2 Å². The van der Waals surface area contributed by atoms with Crippen LogP contribution in [0.4, 0.5) is 0 Å². The van der Waals surface area contributed by atoms with Crippen molar-refractivity contribution >= 4 is 28.4 Å². The summed E-state index contributed by atoms with van der Waals surface area (Å²) in [6.45, 7) is 0. The Morgan fingerprint density at radius 1 is 1.64 bits per heavy atom. The van der Waals surface area contributed by atoms with E-state index in [-0.39, 0.29) is 29.3 Å². The van der Waals surface area contributed by atoms with Crippen molar-refractivity contribution in [3.05, 3.63) is 0 Å². The van der Waals surface area contributed by atoms with Crippen molar-refractivity contribution in [2.45, 2.75) is 6.42 Å². The van der Waals surface area contributed by atoms with Gasteiger partial charge < -0.3 is 4.74 Å². The summed E-state index contributed by atoms with van der Waals surface area (Å²) in [5.74, 6) is -0.258. The molecule has 0 N–H and O–H groups in total. The first-order valence-corrected chi connectivity index (χ1v) is 6.84. The van der Waals surface area contributed by atoms with E-state index in [1.165, 1.54) is 7.11 Å². The molecule has 0 aromatic heterocycles. The van der Waals surface area contributed by atoms with Crippen LogP contribution >= 0.6 is 12.6 Å². The Balaban J connectivity index is 2.69. The number of hydrogen-bond donors (Lipinski definition) is 1. The smallest absolute Gasteiger partial charge is 0.309 e. The molecule has 1 rings (SSSR count). The SMILES string of the molecule is COC(=O)C(CS)C1CCS(=O)(=O)C1. The lowest BCUT2D eigenvalue weighted by atomic mass is 9.94. The number of sulfone groups is 1. The third-order valence-corrected chi connectivity index (χ3v) is 4.72. The van der Waals surface area contributed by atoms with E-state index in [2.05, 4.69) is 17.4 Å². The van der Waals surface area contributed by atoms with Gasteiger partial charge in [-0.3, -0.25) is 4.79 Å². The quantitative estimate of drug-likeness (QED) is 0.561. The molecule has 4 nitrogen and oxygen atoms in total. The predicted octanol–water partition coefficient (Wildman–Crippen LogP) is 0.140. The highest BCUT2D eigenvalue weighted by molar-refractivity contribution is 7.91. The monoisotopic (exact) mass is 238 g/mol. The van der Waals surface area contributed by atoms with Gasteiger partial charge in [0.1, 0.15) is 0 Å². The van der Waals surface area contributed by atoms with E-state index in [0.717, 1.165) is 0 Å². The highest BCUT2D eigenvalue weighted by atomic mass is 32.2. The minimum absolute atomic E-state index is 0.0906. The number of hydrogen-bond acceptors (Lipinski definition) is 5. The average Bonchev–Trinajstić information content (AvgIpc) is 2.47. The molecule has 0 aromatic carbocycles. The third kappa shape index (κ3) is 2.63. The standard InChI is InChI=1S/C8H14O4S2/c1-12-8(9)7(4-13)6-2-3-14(10,11)5-6/h6-7,13H,2-5H2,1H3. The number of rotatable bonds is 3. The number of carbonyl (C=O) groups excluding carboxylic acids is 1. The van der Waals surface area contributed by atoms with Crippen LogP contribution in [0.15, 0.2) is 0 Å². The number of thiol groups is 1. The molecule has 82 valence electrons. The Kier molecular flexibility index (Phi) is 3.83. The second-order valence-corrected chi connectivity index (χ2v) is 6.07. The van der Waals surface area contributed by atoms with Gasteiger partial charge in [0, 0.05) is 5.75 Å². The van der Waals surface area contributed by atoms with Crippen LogP contribution in [0, 0.1) is 11.8 Å². The molecule has 1 saturated heterocycles. The van der Waals surface area contributed by atoms with Crippen LogP contribution in [-0.2, 0) is 19.4 Å². The van der Waals surface area contributed by atoms with Gasteiger partial charge >= 0.3 is 5.97 Å². The lowest BCUT2D eigenvalue weighted by Gasteiger charge is -2.17. The highest BCUT2D eigenvalue weighted by Gasteiger charge is 2.36. The molecule has 1 fully saturated rings. The summed E-state index contributed by atoms with van der Waals surface area (Å²) in [7, 11) is -1.63. The lowest BCUT2D eigenvalue weighted by molar-refractivity contribution is -0.146. The van der Waals surface area contributed by atoms with Crippen molar-refractivity contribution in [2.24, 2.45) is 11.8 Å². The molecular weight excluding hydrogens is 224 g/mol. The molecule has 0 bridgehead atoms. The fourth-order valence-electron chi connectivity index (χ4n) is 1.71. The molecule has 1 aliphatic rings. The molecule has 0 aliphatic carbocycles. The lowest BCUT2D eigenvalue weighted by Crippen LogP contribution is -2.27. The summed E-state index contributed by atoms with van der Waals surface area (Å²) < 4.78 is 27.0. The minimum Gasteiger partial charge on any atom is -0.469 e. The molecule has 6 heteroatoms. The van der Waals surface area contributed by atoms with Gasteiger partial charge in [-0.05, 0) is 12.3 Å². The fraction of sp³-hybridized carbons (Fsp3) is 0.875. The van der Waals surface area contributed by atoms with E-state index in [4.69, 9.17) is 0 Å². The van der Waals surface area contributed by atoms with Gasteiger partial charge in [0.15, 0.2) is 9.84 Å². The first-order chi connectivity index (χ1) is 6.50. The molecular formula is C8H14O4S2. The summed E-state index contributed by atoms with van der Waals surface area (Å²) >= 11 is 4.05. The summed E-state index contributed by atoms with van der Waals surface area (Å²) in [4.78, 5) is 11.3. The molecule has 0 radical (unpaired) electrons. The van der Waals surface area contributed by atoms with Gasteiger partial charge in [-0.1, -0.05) is 0 Å². The molecule has 0 saturated carbocycles. The van der Waals surface area contributed by atoms with E-state index in [0.29, 0.717) is 12.2 Å². The van der Waals surface area contributed by atoms with Crippen molar-refractivity contribution in [3.8, 4) is 0 Å². The van der Waals surface area contributed by atoms with Crippen molar-refractivity contribution in [1.29, 1.82) is 0 Å². The Morgan fingerprint density at radius 3 is 2.64 bits per heavy atom. The van der Waals surface area contributed by atoms with Crippen LogP contribution in [0.3, 0.4) is 0 Å². The van der Waals surface area contributed by atoms with E-state index in [1.54, 1.807) is 0 Å². The summed E-state index contributed by atoms with van der Waals surface area (Å²) in [5.41, 5.74) is 0. The number of ether oxygens (including phenoxy) is 1. The van der Waals surface area contributed by atoms with Crippen molar-refractivity contribution in [3.63, 3.8) is 0 Å². The van der Waals surface area contributed by atoms with Crippen LogP contribution in [-0.4, -0.2) is 38.8 Å². The second-order valence-electron chi connectivity index (χ2n) is 3.48. The Hall–Kier alpha value is -0.230. The van der Waals surface area contributed by atoms with Gasteiger partial charge in [-0.2, -0.15) is 12.6 Å². The van der Waals surface area contributed by atoms with Crippen LogP contribution in [0.25, 0.3) is 0 Å². The van der Waals surface area contributed by atoms with E-state index in [1.807, 2.05) is 0 Å². The molecule has 2 atom stereocenters. The topological polar surface area (TPSA) is 60.4 Å². The zero-order chi connectivity index (χ0) is 10.8. The maximum atomic E-state index is 11.3. The van der Waals surface area contributed by atoms with Crippen molar-refractivity contribution in [2.75, 3.05) is 24.4 Å². The first-order valence-electron chi connectivity index (χ1n) is 4.39. The van der Waals surface area contributed by atoms with Crippen molar-refractivity contribution in [1.82, 2.24) is 0 Å². The fourth-order valence-corrected chi connectivity index (χ4v) is 4.04. The normalized spacial score (nSPS) is 27.1. The van der Waals surface area contributed by atoms with Crippen molar-refractivity contribution < 1.29 is 17.9 Å². The van der Waals surface area contributed by atoms with Gasteiger partial charge in [0.05, 0.1) is 24.5 Å². The zero-order valence-corrected chi connectivity index (χ0v) is 9.68. The third-order valence-electron chi connectivity index (χ3n) is 2.54. The largest absolute Gasteiger partial charge is 0.469 e. The molecule has 0 spiro atoms. The summed E-state index contributed by atoms with van der Waals surface area (Å²) in [6.07, 6.45) is 0.544. The molecule has 14 heavy (non-hydrogen) atoms. The van der Waals surface area contributed by atoms with Gasteiger partial charge in [-0.15, -0.1) is 0 Å². The number of carbonyl (C=O) groups is 1. The Labute approximate surface area is 89.3 Å². The maximum Gasteiger partial charge on any atom is 0.309 e. The predicted molar refractivity (Wildman–Crippen MR) is 56.1 cm³/mol. The molecule has 0 aromatic rings.